The van der Waals surface area contributed by atoms with Crippen molar-refractivity contribution in [2.75, 3.05) is 11.5 Å². The van der Waals surface area contributed by atoms with E-state index < -0.39 is 9.84 Å². The third-order valence-corrected chi connectivity index (χ3v) is 4.99. The molecule has 1 saturated heterocycles. The fourth-order valence-corrected chi connectivity index (χ4v) is 3.85. The van der Waals surface area contributed by atoms with Gasteiger partial charge in [-0.3, -0.25) is 0 Å². The normalized spacial score (nSPS) is 22.6. The Morgan fingerprint density at radius 3 is 2.76 bits per heavy atom. The van der Waals surface area contributed by atoms with Gasteiger partial charge in [0.25, 0.3) is 0 Å². The van der Waals surface area contributed by atoms with E-state index in [0.29, 0.717) is 17.2 Å². The number of benzene rings is 1. The third-order valence-electron chi connectivity index (χ3n) is 2.67. The van der Waals surface area contributed by atoms with E-state index in [-0.39, 0.29) is 23.5 Å². The number of ether oxygens (including phenoxy) is 1. The maximum Gasteiger partial charge on any atom is 0.154 e. The van der Waals surface area contributed by atoms with Crippen LogP contribution in [-0.2, 0) is 15.7 Å². The van der Waals surface area contributed by atoms with Crippen LogP contribution in [0.4, 0.5) is 0 Å². The summed E-state index contributed by atoms with van der Waals surface area (Å²) in [6, 6.07) is 5.31. The summed E-state index contributed by atoms with van der Waals surface area (Å²) in [4.78, 5) is 0. The second-order valence-electron chi connectivity index (χ2n) is 4.00. The fraction of sp³-hybridized carbons (Fsp3) is 0.455. The molecule has 94 valence electrons. The van der Waals surface area contributed by atoms with Crippen molar-refractivity contribution in [3.8, 4) is 5.75 Å². The number of sulfone groups is 1. The highest BCUT2D eigenvalue weighted by Crippen LogP contribution is 2.32. The summed E-state index contributed by atoms with van der Waals surface area (Å²) < 4.78 is 28.3. The SMILES string of the molecule is O=S1(=O)CCC(Oc2c(Cl)cccc2CCl)C1. The average Bonchev–Trinajstić information content (AvgIpc) is 2.61. The molecule has 1 aliphatic rings. The van der Waals surface area contributed by atoms with Gasteiger partial charge in [-0.1, -0.05) is 23.7 Å². The Bertz CT molecular complexity index is 513. The third kappa shape index (κ3) is 3.06. The van der Waals surface area contributed by atoms with Gasteiger partial charge in [-0.15, -0.1) is 11.6 Å². The van der Waals surface area contributed by atoms with E-state index in [1.807, 2.05) is 6.07 Å². The number of rotatable bonds is 3. The maximum atomic E-state index is 11.3. The summed E-state index contributed by atoms with van der Waals surface area (Å²) in [5.41, 5.74) is 0.781. The van der Waals surface area contributed by atoms with Gasteiger partial charge in [-0.25, -0.2) is 8.42 Å². The molecule has 0 aromatic heterocycles. The Morgan fingerprint density at radius 2 is 2.18 bits per heavy atom. The molecule has 0 spiro atoms. The zero-order chi connectivity index (χ0) is 12.5. The van der Waals surface area contributed by atoms with Crippen LogP contribution in [0.1, 0.15) is 12.0 Å². The van der Waals surface area contributed by atoms with Crippen LogP contribution in [0.5, 0.6) is 5.75 Å². The second-order valence-corrected chi connectivity index (χ2v) is 6.91. The lowest BCUT2D eigenvalue weighted by Crippen LogP contribution is -2.18. The lowest BCUT2D eigenvalue weighted by molar-refractivity contribution is 0.227. The molecule has 6 heteroatoms. The topological polar surface area (TPSA) is 43.4 Å². The van der Waals surface area contributed by atoms with Gasteiger partial charge in [0.2, 0.25) is 0 Å². The summed E-state index contributed by atoms with van der Waals surface area (Å²) >= 11 is 11.8. The molecule has 0 N–H and O–H groups in total. The number of para-hydroxylation sites is 1. The Kier molecular flexibility index (Phi) is 3.85. The predicted molar refractivity (Wildman–Crippen MR) is 68.7 cm³/mol. The van der Waals surface area contributed by atoms with Gasteiger partial charge in [-0.2, -0.15) is 0 Å². The molecule has 0 aliphatic carbocycles. The minimum absolute atomic E-state index is 0.0555. The monoisotopic (exact) mass is 294 g/mol. The van der Waals surface area contributed by atoms with Gasteiger partial charge in [0.1, 0.15) is 11.9 Å². The van der Waals surface area contributed by atoms with Gasteiger partial charge in [0, 0.05) is 5.56 Å². The molecule has 1 atom stereocenters. The van der Waals surface area contributed by atoms with Crippen molar-refractivity contribution in [2.24, 2.45) is 0 Å². The fourth-order valence-electron chi connectivity index (χ4n) is 1.81. The van der Waals surface area contributed by atoms with Crippen molar-refractivity contribution in [2.45, 2.75) is 18.4 Å². The van der Waals surface area contributed by atoms with Crippen LogP contribution in [0.3, 0.4) is 0 Å². The molecule has 0 amide bonds. The summed E-state index contributed by atoms with van der Waals surface area (Å²) in [6.07, 6.45) is 0.191. The summed E-state index contributed by atoms with van der Waals surface area (Å²) in [6.45, 7) is 0. The van der Waals surface area contributed by atoms with Crippen LogP contribution >= 0.6 is 23.2 Å². The highest BCUT2D eigenvalue weighted by atomic mass is 35.5. The Balaban J connectivity index is 2.19. The molecule has 3 nitrogen and oxygen atoms in total. The lowest BCUT2D eigenvalue weighted by Gasteiger charge is -2.16. The lowest BCUT2D eigenvalue weighted by atomic mass is 10.2. The molecule has 1 fully saturated rings. The zero-order valence-corrected chi connectivity index (χ0v) is 11.4. The Morgan fingerprint density at radius 1 is 1.41 bits per heavy atom. The highest BCUT2D eigenvalue weighted by Gasteiger charge is 2.30. The Labute approximate surface area is 111 Å². The number of alkyl halides is 1. The first kappa shape index (κ1) is 13.0. The molecule has 1 aromatic carbocycles. The number of hydrogen-bond acceptors (Lipinski definition) is 3. The molecular weight excluding hydrogens is 283 g/mol. The van der Waals surface area contributed by atoms with E-state index in [4.69, 9.17) is 27.9 Å². The van der Waals surface area contributed by atoms with Gasteiger partial charge in [0.05, 0.1) is 22.4 Å². The van der Waals surface area contributed by atoms with Crippen LogP contribution in [0.2, 0.25) is 5.02 Å². The largest absolute Gasteiger partial charge is 0.487 e. The second kappa shape index (κ2) is 5.04. The van der Waals surface area contributed by atoms with Gasteiger partial charge >= 0.3 is 0 Å². The smallest absolute Gasteiger partial charge is 0.154 e. The van der Waals surface area contributed by atoms with E-state index in [9.17, 15) is 8.42 Å². The quantitative estimate of drug-likeness (QED) is 0.805. The van der Waals surface area contributed by atoms with E-state index >= 15 is 0 Å². The van der Waals surface area contributed by atoms with Crippen LogP contribution in [0.25, 0.3) is 0 Å². The molecule has 1 aromatic rings. The van der Waals surface area contributed by atoms with Gasteiger partial charge in [0.15, 0.2) is 9.84 Å². The van der Waals surface area contributed by atoms with Crippen molar-refractivity contribution in [3.05, 3.63) is 28.8 Å². The van der Waals surface area contributed by atoms with Gasteiger partial charge < -0.3 is 4.74 Å². The molecule has 2 rings (SSSR count). The molecule has 17 heavy (non-hydrogen) atoms. The van der Waals surface area contributed by atoms with E-state index in [2.05, 4.69) is 0 Å². The average molecular weight is 295 g/mol. The van der Waals surface area contributed by atoms with E-state index in [0.717, 1.165) is 5.56 Å². The molecule has 1 aliphatic heterocycles. The zero-order valence-electron chi connectivity index (χ0n) is 9.03. The maximum absolute atomic E-state index is 11.3. The standard InChI is InChI=1S/C11H12Cl2O3S/c12-6-8-2-1-3-10(13)11(8)16-9-4-5-17(14,15)7-9/h1-3,9H,4-7H2. The molecule has 1 unspecified atom stereocenters. The van der Waals surface area contributed by atoms with Crippen LogP contribution in [0.15, 0.2) is 18.2 Å². The minimum atomic E-state index is -2.95. The van der Waals surface area contributed by atoms with Crippen molar-refractivity contribution in [1.82, 2.24) is 0 Å². The van der Waals surface area contributed by atoms with Crippen LogP contribution in [-0.4, -0.2) is 26.0 Å². The predicted octanol–water partition coefficient (Wildman–Crippen LogP) is 2.64. The molecule has 0 saturated carbocycles. The summed E-state index contributed by atoms with van der Waals surface area (Å²) in [5, 5.41) is 0.465. The van der Waals surface area contributed by atoms with Gasteiger partial charge in [-0.05, 0) is 12.5 Å². The molecule has 0 bridgehead atoms. The highest BCUT2D eigenvalue weighted by molar-refractivity contribution is 7.91. The van der Waals surface area contributed by atoms with Crippen LogP contribution in [0, 0.1) is 0 Å². The number of hydrogen-bond donors (Lipinski definition) is 0. The van der Waals surface area contributed by atoms with Crippen molar-refractivity contribution < 1.29 is 13.2 Å². The first-order valence-electron chi connectivity index (χ1n) is 5.22. The minimum Gasteiger partial charge on any atom is -0.487 e. The van der Waals surface area contributed by atoms with Crippen molar-refractivity contribution in [1.29, 1.82) is 0 Å². The first-order valence-corrected chi connectivity index (χ1v) is 7.95. The first-order chi connectivity index (χ1) is 8.02. The van der Waals surface area contributed by atoms with Crippen LogP contribution < -0.4 is 4.74 Å². The molecular formula is C11H12Cl2O3S. The van der Waals surface area contributed by atoms with E-state index in [1.54, 1.807) is 12.1 Å². The molecule has 1 heterocycles. The summed E-state index contributed by atoms with van der Waals surface area (Å²) in [7, 11) is -2.95. The molecule has 0 radical (unpaired) electrons. The van der Waals surface area contributed by atoms with Crippen molar-refractivity contribution in [3.63, 3.8) is 0 Å². The van der Waals surface area contributed by atoms with Crippen molar-refractivity contribution >= 4 is 33.0 Å². The van der Waals surface area contributed by atoms with E-state index in [1.165, 1.54) is 0 Å². The number of halogens is 2. The Hall–Kier alpha value is -0.450. The summed E-state index contributed by atoms with van der Waals surface area (Å²) in [5.74, 6) is 1.03.